The number of hydrogen-bond donors (Lipinski definition) is 3. The number of aliphatic hydroxyl groups excluding tert-OH is 1. The van der Waals surface area contributed by atoms with Gasteiger partial charge in [0.1, 0.15) is 12.7 Å². The summed E-state index contributed by atoms with van der Waals surface area (Å²) in [5.41, 5.74) is 2.63. The van der Waals surface area contributed by atoms with E-state index in [0.29, 0.717) is 48.0 Å². The fraction of sp³-hybridized carbons (Fsp3) is 0.300. The van der Waals surface area contributed by atoms with Gasteiger partial charge < -0.3 is 25.4 Å². The van der Waals surface area contributed by atoms with Crippen molar-refractivity contribution < 1.29 is 28.2 Å². The summed E-state index contributed by atoms with van der Waals surface area (Å²) in [6.45, 7) is 2.54. The number of piperidine rings is 1. The zero-order valence-corrected chi connectivity index (χ0v) is 23.3. The molecule has 43 heavy (non-hydrogen) atoms. The first-order valence-corrected chi connectivity index (χ1v) is 13.7. The minimum atomic E-state index is -1.20. The van der Waals surface area contributed by atoms with Crippen LogP contribution in [-0.2, 0) is 4.79 Å². The van der Waals surface area contributed by atoms with E-state index in [1.807, 2.05) is 13.0 Å². The molecule has 1 fully saturated rings. The number of ether oxygens (including phenoxy) is 1. The van der Waals surface area contributed by atoms with Crippen molar-refractivity contribution in [2.24, 2.45) is 5.92 Å². The predicted molar refractivity (Wildman–Crippen MR) is 153 cm³/mol. The molecule has 3 heterocycles. The summed E-state index contributed by atoms with van der Waals surface area (Å²) in [4.78, 5) is 35.1. The van der Waals surface area contributed by atoms with Crippen LogP contribution in [0.2, 0.25) is 0 Å². The molecule has 5 rings (SSSR count). The monoisotopic (exact) mass is 589 g/mol. The second-order valence-corrected chi connectivity index (χ2v) is 10.2. The SMILES string of the molecule is Cc1cc(Nc2nccn3c(-c4ccc(OCC#N)c(F)c4F)cnc23)ccc1C(=O)N1CCC(CNC(=O)CO)CC1. The van der Waals surface area contributed by atoms with E-state index < -0.39 is 30.8 Å². The first kappa shape index (κ1) is 29.4. The minimum absolute atomic E-state index is 0.0379. The van der Waals surface area contributed by atoms with Gasteiger partial charge >= 0.3 is 0 Å². The van der Waals surface area contributed by atoms with Crippen LogP contribution in [0.3, 0.4) is 0 Å². The van der Waals surface area contributed by atoms with Crippen LogP contribution in [0.15, 0.2) is 48.9 Å². The molecule has 2 aromatic heterocycles. The molecule has 0 atom stereocenters. The standard InChI is InChI=1S/C30H29F2N7O4/c1-18-14-20(2-3-21(18)30(42)38-10-6-19(7-11-38)15-35-25(41)17-40)37-28-29-36-16-23(39(29)12-9-34-28)22-4-5-24(43-13-8-33)27(32)26(22)31/h2-5,9,12,14,16,19,40H,6-7,10-11,13,15,17H2,1H3,(H,34,37)(H,35,41). The minimum Gasteiger partial charge on any atom is -0.476 e. The Morgan fingerprint density at radius 3 is 2.67 bits per heavy atom. The lowest BCUT2D eigenvalue weighted by atomic mass is 9.95. The number of halogens is 2. The molecule has 1 saturated heterocycles. The lowest BCUT2D eigenvalue weighted by Gasteiger charge is -2.32. The fourth-order valence-electron chi connectivity index (χ4n) is 5.10. The average Bonchev–Trinajstić information content (AvgIpc) is 3.45. The summed E-state index contributed by atoms with van der Waals surface area (Å²) in [5, 5.41) is 23.4. The summed E-state index contributed by atoms with van der Waals surface area (Å²) in [6.07, 6.45) is 6.01. The third-order valence-electron chi connectivity index (χ3n) is 7.40. The number of aryl methyl sites for hydroxylation is 1. The quantitative estimate of drug-likeness (QED) is 0.269. The molecule has 2 aromatic carbocycles. The number of anilines is 2. The van der Waals surface area contributed by atoms with Crippen LogP contribution < -0.4 is 15.4 Å². The van der Waals surface area contributed by atoms with Gasteiger partial charge in [-0.25, -0.2) is 14.4 Å². The van der Waals surface area contributed by atoms with E-state index in [1.54, 1.807) is 33.7 Å². The van der Waals surface area contributed by atoms with Crippen molar-refractivity contribution in [3.63, 3.8) is 0 Å². The van der Waals surface area contributed by atoms with Gasteiger partial charge in [-0.2, -0.15) is 9.65 Å². The third kappa shape index (κ3) is 6.24. The molecule has 0 unspecified atom stereocenters. The molecular formula is C30H29F2N7O4. The van der Waals surface area contributed by atoms with E-state index >= 15 is 0 Å². The van der Waals surface area contributed by atoms with Gasteiger partial charge in [0, 0.05) is 48.8 Å². The van der Waals surface area contributed by atoms with Crippen molar-refractivity contribution >= 4 is 29.0 Å². The number of fused-ring (bicyclic) bond motifs is 1. The van der Waals surface area contributed by atoms with Gasteiger partial charge in [0.15, 0.2) is 29.6 Å². The number of benzene rings is 2. The molecule has 222 valence electrons. The molecule has 0 aliphatic carbocycles. The predicted octanol–water partition coefficient (Wildman–Crippen LogP) is 3.59. The lowest BCUT2D eigenvalue weighted by Crippen LogP contribution is -2.42. The molecule has 11 nitrogen and oxygen atoms in total. The van der Waals surface area contributed by atoms with Crippen molar-refractivity contribution in [3.05, 3.63) is 71.7 Å². The molecule has 0 saturated carbocycles. The van der Waals surface area contributed by atoms with E-state index in [2.05, 4.69) is 20.6 Å². The molecule has 1 aliphatic rings. The highest BCUT2D eigenvalue weighted by molar-refractivity contribution is 5.96. The zero-order valence-electron chi connectivity index (χ0n) is 23.3. The smallest absolute Gasteiger partial charge is 0.254 e. The number of amides is 2. The van der Waals surface area contributed by atoms with E-state index in [1.165, 1.54) is 24.5 Å². The molecule has 0 bridgehead atoms. The largest absolute Gasteiger partial charge is 0.476 e. The van der Waals surface area contributed by atoms with Crippen LogP contribution in [0.4, 0.5) is 20.3 Å². The number of carbonyl (C=O) groups excluding carboxylic acids is 2. The Morgan fingerprint density at radius 1 is 1.16 bits per heavy atom. The second kappa shape index (κ2) is 12.8. The Bertz CT molecular complexity index is 1710. The van der Waals surface area contributed by atoms with Crippen LogP contribution in [0.25, 0.3) is 16.9 Å². The zero-order chi connectivity index (χ0) is 30.5. The molecular weight excluding hydrogens is 560 g/mol. The number of nitrogens with zero attached hydrogens (tertiary/aromatic N) is 5. The Balaban J connectivity index is 1.30. The number of aromatic nitrogens is 3. The molecule has 2 amide bonds. The first-order valence-electron chi connectivity index (χ1n) is 13.7. The number of likely N-dealkylation sites (tertiary alicyclic amines) is 1. The number of rotatable bonds is 9. The summed E-state index contributed by atoms with van der Waals surface area (Å²) in [6, 6.07) is 9.68. The molecule has 0 radical (unpaired) electrons. The van der Waals surface area contributed by atoms with E-state index in [-0.39, 0.29) is 23.1 Å². The van der Waals surface area contributed by atoms with Crippen LogP contribution in [-0.4, -0.2) is 69.0 Å². The summed E-state index contributed by atoms with van der Waals surface area (Å²) in [5.74, 6) is -2.53. The summed E-state index contributed by atoms with van der Waals surface area (Å²) < 4.78 is 36.0. The van der Waals surface area contributed by atoms with Crippen molar-refractivity contribution in [1.29, 1.82) is 5.26 Å². The van der Waals surface area contributed by atoms with Gasteiger partial charge in [-0.05, 0) is 61.6 Å². The Kier molecular flexibility index (Phi) is 8.77. The van der Waals surface area contributed by atoms with Crippen molar-refractivity contribution in [2.45, 2.75) is 19.8 Å². The highest BCUT2D eigenvalue weighted by Gasteiger charge is 2.25. The maximum absolute atomic E-state index is 14.9. The Morgan fingerprint density at radius 2 is 1.95 bits per heavy atom. The maximum atomic E-state index is 14.9. The second-order valence-electron chi connectivity index (χ2n) is 10.2. The first-order chi connectivity index (χ1) is 20.8. The van der Waals surface area contributed by atoms with E-state index in [0.717, 1.165) is 18.4 Å². The number of nitrogens with one attached hydrogen (secondary N) is 2. The van der Waals surface area contributed by atoms with Gasteiger partial charge in [0.25, 0.3) is 5.91 Å². The molecule has 3 N–H and O–H groups in total. The maximum Gasteiger partial charge on any atom is 0.254 e. The van der Waals surface area contributed by atoms with Crippen LogP contribution >= 0.6 is 0 Å². The number of nitriles is 1. The van der Waals surface area contributed by atoms with Crippen LogP contribution in [0.5, 0.6) is 5.75 Å². The number of hydrogen-bond acceptors (Lipinski definition) is 8. The molecule has 0 spiro atoms. The topological polar surface area (TPSA) is 145 Å². The van der Waals surface area contributed by atoms with Crippen molar-refractivity contribution in [2.75, 3.05) is 38.2 Å². The third-order valence-corrected chi connectivity index (χ3v) is 7.40. The van der Waals surface area contributed by atoms with Crippen molar-refractivity contribution in [3.8, 4) is 23.1 Å². The van der Waals surface area contributed by atoms with Gasteiger partial charge in [-0.3, -0.25) is 14.0 Å². The van der Waals surface area contributed by atoms with Crippen LogP contribution in [0, 0.1) is 35.8 Å². The van der Waals surface area contributed by atoms with Crippen molar-refractivity contribution in [1.82, 2.24) is 24.6 Å². The normalized spacial score (nSPS) is 13.5. The fourth-order valence-corrected chi connectivity index (χ4v) is 5.10. The van der Waals surface area contributed by atoms with Gasteiger partial charge in [-0.1, -0.05) is 0 Å². The van der Waals surface area contributed by atoms with Gasteiger partial charge in [0.2, 0.25) is 11.7 Å². The highest BCUT2D eigenvalue weighted by Crippen LogP contribution is 2.32. The highest BCUT2D eigenvalue weighted by atomic mass is 19.2. The van der Waals surface area contributed by atoms with Crippen LogP contribution in [0.1, 0.15) is 28.8 Å². The molecule has 13 heteroatoms. The number of aliphatic hydroxyl groups is 1. The molecule has 4 aromatic rings. The molecule has 1 aliphatic heterocycles. The lowest BCUT2D eigenvalue weighted by molar-refractivity contribution is -0.124. The van der Waals surface area contributed by atoms with E-state index in [4.69, 9.17) is 15.1 Å². The Labute approximate surface area is 245 Å². The number of carbonyl (C=O) groups is 2. The number of imidazole rings is 1. The Hall–Kier alpha value is -5.09. The average molecular weight is 590 g/mol. The van der Waals surface area contributed by atoms with Gasteiger partial charge in [-0.15, -0.1) is 0 Å². The summed E-state index contributed by atoms with van der Waals surface area (Å²) in [7, 11) is 0. The van der Waals surface area contributed by atoms with Gasteiger partial charge in [0.05, 0.1) is 11.9 Å². The summed E-state index contributed by atoms with van der Waals surface area (Å²) >= 11 is 0. The van der Waals surface area contributed by atoms with E-state index in [9.17, 15) is 18.4 Å².